The molecule has 1 saturated heterocycles. The van der Waals surface area contributed by atoms with E-state index in [4.69, 9.17) is 5.73 Å². The normalized spacial score (nSPS) is 17.3. The Bertz CT molecular complexity index is 798. The number of likely N-dealkylation sites (tertiary alicyclic amines) is 1. The van der Waals surface area contributed by atoms with Gasteiger partial charge in [0.05, 0.1) is 17.3 Å². The third-order valence-electron chi connectivity index (χ3n) is 5.21. The van der Waals surface area contributed by atoms with Gasteiger partial charge in [-0.2, -0.15) is 5.10 Å². The lowest BCUT2D eigenvalue weighted by Crippen LogP contribution is -2.44. The van der Waals surface area contributed by atoms with Gasteiger partial charge in [0.15, 0.2) is 0 Å². The first-order chi connectivity index (χ1) is 12.5. The van der Waals surface area contributed by atoms with Gasteiger partial charge < -0.3 is 10.6 Å². The minimum atomic E-state index is -0.307. The molecular formula is C20H26N4O2. The number of hydrogen-bond donors (Lipinski definition) is 1. The van der Waals surface area contributed by atoms with E-state index in [1.54, 1.807) is 4.90 Å². The fourth-order valence-electron chi connectivity index (χ4n) is 3.68. The molecule has 0 bridgehead atoms. The minimum absolute atomic E-state index is 0.0854. The lowest BCUT2D eigenvalue weighted by atomic mass is 9.97. The first-order valence-electron chi connectivity index (χ1n) is 9.15. The number of aromatic nitrogens is 2. The molecule has 1 atom stereocenters. The standard InChI is InChI=1S/C20H26N4O2/c1-14-18(15(2)24(22-14)17-8-4-3-5-9-17)10-11-19(25)23-12-6-7-16(13-23)20(21)26/h3-5,8-9,16H,6-7,10-13H2,1-2H3,(H2,21,26)/t16-/m1/s1. The quantitative estimate of drug-likeness (QED) is 0.893. The van der Waals surface area contributed by atoms with Crippen LogP contribution >= 0.6 is 0 Å². The molecule has 2 N–H and O–H groups in total. The van der Waals surface area contributed by atoms with Gasteiger partial charge in [-0.05, 0) is 50.8 Å². The second-order valence-corrected chi connectivity index (χ2v) is 6.98. The maximum Gasteiger partial charge on any atom is 0.222 e. The van der Waals surface area contributed by atoms with Gasteiger partial charge in [0.2, 0.25) is 11.8 Å². The van der Waals surface area contributed by atoms with Crippen LogP contribution in [-0.2, 0) is 16.0 Å². The zero-order chi connectivity index (χ0) is 18.7. The molecule has 0 radical (unpaired) electrons. The van der Waals surface area contributed by atoms with E-state index in [1.165, 1.54) is 0 Å². The number of carbonyl (C=O) groups is 2. The van der Waals surface area contributed by atoms with Crippen LogP contribution in [0.15, 0.2) is 30.3 Å². The maximum atomic E-state index is 12.6. The van der Waals surface area contributed by atoms with E-state index in [2.05, 4.69) is 5.10 Å². The fourth-order valence-corrected chi connectivity index (χ4v) is 3.68. The Hall–Kier alpha value is -2.63. The first kappa shape index (κ1) is 18.2. The maximum absolute atomic E-state index is 12.6. The fraction of sp³-hybridized carbons (Fsp3) is 0.450. The molecule has 2 heterocycles. The molecule has 2 aromatic rings. The van der Waals surface area contributed by atoms with E-state index in [0.717, 1.165) is 35.5 Å². The van der Waals surface area contributed by atoms with Crippen molar-refractivity contribution in [3.8, 4) is 5.69 Å². The second kappa shape index (κ2) is 7.72. The number of nitrogens with zero attached hydrogens (tertiary/aromatic N) is 3. The van der Waals surface area contributed by atoms with E-state index < -0.39 is 0 Å². The van der Waals surface area contributed by atoms with Crippen molar-refractivity contribution in [1.29, 1.82) is 0 Å². The molecule has 2 amide bonds. The molecular weight excluding hydrogens is 328 g/mol. The van der Waals surface area contributed by atoms with Gasteiger partial charge in [0, 0.05) is 25.2 Å². The van der Waals surface area contributed by atoms with Crippen LogP contribution in [0.4, 0.5) is 0 Å². The van der Waals surface area contributed by atoms with Crippen LogP contribution < -0.4 is 5.73 Å². The van der Waals surface area contributed by atoms with Gasteiger partial charge in [-0.1, -0.05) is 18.2 Å². The van der Waals surface area contributed by atoms with E-state index in [9.17, 15) is 9.59 Å². The van der Waals surface area contributed by atoms with Crippen molar-refractivity contribution >= 4 is 11.8 Å². The predicted octanol–water partition coefficient (Wildman–Crippen LogP) is 2.15. The van der Waals surface area contributed by atoms with Crippen molar-refractivity contribution in [3.63, 3.8) is 0 Å². The van der Waals surface area contributed by atoms with Crippen molar-refractivity contribution in [2.75, 3.05) is 13.1 Å². The summed E-state index contributed by atoms with van der Waals surface area (Å²) in [7, 11) is 0. The van der Waals surface area contributed by atoms with Gasteiger partial charge in [-0.25, -0.2) is 4.68 Å². The van der Waals surface area contributed by atoms with Crippen LogP contribution in [0.1, 0.15) is 36.2 Å². The number of para-hydroxylation sites is 1. The summed E-state index contributed by atoms with van der Waals surface area (Å²) in [6.45, 7) is 5.19. The number of hydrogen-bond acceptors (Lipinski definition) is 3. The molecule has 0 spiro atoms. The average molecular weight is 354 g/mol. The third-order valence-corrected chi connectivity index (χ3v) is 5.21. The number of piperidine rings is 1. The Morgan fingerprint density at radius 1 is 1.23 bits per heavy atom. The Morgan fingerprint density at radius 2 is 1.96 bits per heavy atom. The van der Waals surface area contributed by atoms with Gasteiger partial charge in [0.25, 0.3) is 0 Å². The molecule has 0 aliphatic carbocycles. The van der Waals surface area contributed by atoms with E-state index >= 15 is 0 Å². The summed E-state index contributed by atoms with van der Waals surface area (Å²) in [6, 6.07) is 9.99. The molecule has 138 valence electrons. The Balaban J connectivity index is 1.67. The number of nitrogens with two attached hydrogens (primary N) is 1. The van der Waals surface area contributed by atoms with Gasteiger partial charge in [-0.15, -0.1) is 0 Å². The topological polar surface area (TPSA) is 81.2 Å². The number of aryl methyl sites for hydroxylation is 1. The molecule has 6 nitrogen and oxygen atoms in total. The highest BCUT2D eigenvalue weighted by Gasteiger charge is 2.27. The zero-order valence-corrected chi connectivity index (χ0v) is 15.4. The summed E-state index contributed by atoms with van der Waals surface area (Å²) in [6.07, 6.45) is 2.69. The molecule has 6 heteroatoms. The second-order valence-electron chi connectivity index (χ2n) is 6.98. The van der Waals surface area contributed by atoms with Crippen molar-refractivity contribution in [2.45, 2.75) is 39.5 Å². The SMILES string of the molecule is Cc1nn(-c2ccccc2)c(C)c1CCC(=O)N1CCC[C@@H](C(N)=O)C1. The van der Waals surface area contributed by atoms with Crippen LogP contribution in [0.2, 0.25) is 0 Å². The van der Waals surface area contributed by atoms with Crippen molar-refractivity contribution < 1.29 is 9.59 Å². The number of carbonyl (C=O) groups excluding carboxylic acids is 2. The number of benzene rings is 1. The lowest BCUT2D eigenvalue weighted by molar-refractivity contribution is -0.134. The summed E-state index contributed by atoms with van der Waals surface area (Å²) < 4.78 is 1.93. The van der Waals surface area contributed by atoms with Crippen LogP contribution in [0.3, 0.4) is 0 Å². The molecule has 3 rings (SSSR count). The van der Waals surface area contributed by atoms with Gasteiger partial charge >= 0.3 is 0 Å². The Morgan fingerprint density at radius 3 is 2.65 bits per heavy atom. The smallest absolute Gasteiger partial charge is 0.222 e. The highest BCUT2D eigenvalue weighted by Crippen LogP contribution is 2.21. The largest absolute Gasteiger partial charge is 0.369 e. The first-order valence-corrected chi connectivity index (χ1v) is 9.15. The van der Waals surface area contributed by atoms with Crippen LogP contribution in [0.5, 0.6) is 0 Å². The summed E-state index contributed by atoms with van der Waals surface area (Å²) in [5.74, 6) is -0.433. The van der Waals surface area contributed by atoms with Gasteiger partial charge in [-0.3, -0.25) is 9.59 Å². The van der Waals surface area contributed by atoms with Gasteiger partial charge in [0.1, 0.15) is 0 Å². The van der Waals surface area contributed by atoms with Crippen LogP contribution in [0.25, 0.3) is 5.69 Å². The van der Waals surface area contributed by atoms with Crippen LogP contribution in [0, 0.1) is 19.8 Å². The third kappa shape index (κ3) is 3.79. The average Bonchev–Trinajstić information content (AvgIpc) is 2.94. The van der Waals surface area contributed by atoms with E-state index in [0.29, 0.717) is 25.9 Å². The van der Waals surface area contributed by atoms with Crippen molar-refractivity contribution in [1.82, 2.24) is 14.7 Å². The molecule has 1 fully saturated rings. The molecule has 26 heavy (non-hydrogen) atoms. The Labute approximate surface area is 154 Å². The highest BCUT2D eigenvalue weighted by molar-refractivity contribution is 5.80. The number of primary amides is 1. The zero-order valence-electron chi connectivity index (χ0n) is 15.4. The van der Waals surface area contributed by atoms with Crippen molar-refractivity contribution in [2.24, 2.45) is 11.7 Å². The molecule has 0 unspecified atom stereocenters. The molecule has 1 aromatic carbocycles. The predicted molar refractivity (Wildman–Crippen MR) is 99.9 cm³/mol. The summed E-state index contributed by atoms with van der Waals surface area (Å²) in [4.78, 5) is 25.8. The monoisotopic (exact) mass is 354 g/mol. The summed E-state index contributed by atoms with van der Waals surface area (Å²) in [5, 5.41) is 4.64. The highest BCUT2D eigenvalue weighted by atomic mass is 16.2. The lowest BCUT2D eigenvalue weighted by Gasteiger charge is -2.31. The van der Waals surface area contributed by atoms with E-state index in [-0.39, 0.29) is 17.7 Å². The molecule has 0 saturated carbocycles. The minimum Gasteiger partial charge on any atom is -0.369 e. The van der Waals surface area contributed by atoms with Crippen molar-refractivity contribution in [3.05, 3.63) is 47.3 Å². The van der Waals surface area contributed by atoms with Crippen LogP contribution in [-0.4, -0.2) is 39.6 Å². The summed E-state index contributed by atoms with van der Waals surface area (Å²) >= 11 is 0. The number of amides is 2. The molecule has 1 aliphatic rings. The Kier molecular flexibility index (Phi) is 5.40. The molecule has 1 aromatic heterocycles. The number of rotatable bonds is 5. The summed E-state index contributed by atoms with van der Waals surface area (Å²) in [5.41, 5.74) is 9.56. The molecule has 1 aliphatic heterocycles. The van der Waals surface area contributed by atoms with E-state index in [1.807, 2.05) is 48.9 Å².